The van der Waals surface area contributed by atoms with E-state index in [0.29, 0.717) is 18.1 Å². The van der Waals surface area contributed by atoms with Gasteiger partial charge in [-0.05, 0) is 17.7 Å². The van der Waals surface area contributed by atoms with Gasteiger partial charge >= 0.3 is 0 Å². The molecule has 1 aromatic carbocycles. The van der Waals surface area contributed by atoms with Crippen LogP contribution in [0, 0.1) is 11.3 Å². The van der Waals surface area contributed by atoms with Crippen LogP contribution in [0.5, 0.6) is 0 Å². The monoisotopic (exact) mass is 364 g/mol. The number of rotatable bonds is 6. The van der Waals surface area contributed by atoms with Crippen LogP contribution >= 0.6 is 27.7 Å². The number of hydrogen-bond acceptors (Lipinski definition) is 4. The molecule has 0 spiro atoms. The Balaban J connectivity index is 1.87. The van der Waals surface area contributed by atoms with Crippen molar-refractivity contribution < 1.29 is 4.79 Å². The van der Waals surface area contributed by atoms with E-state index in [1.807, 2.05) is 30.3 Å². The van der Waals surface area contributed by atoms with Crippen molar-refractivity contribution in [2.75, 3.05) is 12.3 Å². The number of benzene rings is 1. The fraction of sp³-hybridized carbons (Fsp3) is 0.214. The van der Waals surface area contributed by atoms with Gasteiger partial charge in [-0.2, -0.15) is 5.26 Å². The summed E-state index contributed by atoms with van der Waals surface area (Å²) in [5.41, 5.74) is 1.95. The van der Waals surface area contributed by atoms with Gasteiger partial charge in [0, 0.05) is 11.0 Å². The van der Waals surface area contributed by atoms with Gasteiger partial charge in [-0.3, -0.25) is 4.79 Å². The molecule has 2 aromatic rings. The zero-order valence-electron chi connectivity index (χ0n) is 11.1. The minimum Gasteiger partial charge on any atom is -0.354 e. The Morgan fingerprint density at radius 1 is 1.43 bits per heavy atom. The average Bonchev–Trinajstić information content (AvgIpc) is 2.95. The van der Waals surface area contributed by atoms with E-state index >= 15 is 0 Å². The summed E-state index contributed by atoms with van der Waals surface area (Å²) >= 11 is 4.73. The molecule has 1 amide bonds. The molecule has 5 nitrogen and oxygen atoms in total. The lowest BCUT2D eigenvalue weighted by Crippen LogP contribution is -2.25. The van der Waals surface area contributed by atoms with E-state index in [9.17, 15) is 4.79 Å². The largest absolute Gasteiger partial charge is 0.354 e. The number of nitrogens with one attached hydrogen (secondary N) is 2. The second kappa shape index (κ2) is 7.86. The maximum Gasteiger partial charge on any atom is 0.230 e. The van der Waals surface area contributed by atoms with E-state index in [1.165, 1.54) is 11.8 Å². The van der Waals surface area contributed by atoms with Crippen LogP contribution in [0.4, 0.5) is 0 Å². The van der Waals surface area contributed by atoms with E-state index in [2.05, 4.69) is 31.2 Å². The van der Waals surface area contributed by atoms with Crippen molar-refractivity contribution in [3.63, 3.8) is 0 Å². The number of amides is 1. The summed E-state index contributed by atoms with van der Waals surface area (Å²) in [6.07, 6.45) is 2.07. The minimum atomic E-state index is -0.100. The smallest absolute Gasteiger partial charge is 0.230 e. The Hall–Kier alpha value is -1.78. The summed E-state index contributed by atoms with van der Waals surface area (Å²) in [5, 5.41) is 11.8. The first kappa shape index (κ1) is 15.6. The second-order valence-corrected chi connectivity index (χ2v) is 6.04. The van der Waals surface area contributed by atoms with Crippen molar-refractivity contribution in [2.24, 2.45) is 0 Å². The SMILES string of the molecule is N#CCCNC(=O)CSc1ncc(-c2ccc(Br)cc2)[nH]1. The molecule has 2 rings (SSSR count). The molecule has 1 heterocycles. The maximum atomic E-state index is 11.5. The van der Waals surface area contributed by atoms with E-state index in [1.54, 1.807) is 6.20 Å². The first-order valence-corrected chi connectivity index (χ1v) is 8.04. The fourth-order valence-electron chi connectivity index (χ4n) is 1.60. The summed E-state index contributed by atoms with van der Waals surface area (Å²) in [5.74, 6) is 0.176. The predicted molar refractivity (Wildman–Crippen MR) is 85.7 cm³/mol. The summed E-state index contributed by atoms with van der Waals surface area (Å²) in [6, 6.07) is 9.88. The molecule has 108 valence electrons. The number of halogens is 1. The van der Waals surface area contributed by atoms with Crippen LogP contribution in [0.1, 0.15) is 6.42 Å². The minimum absolute atomic E-state index is 0.100. The van der Waals surface area contributed by atoms with Gasteiger partial charge in [0.15, 0.2) is 5.16 Å². The lowest BCUT2D eigenvalue weighted by Gasteiger charge is -2.01. The highest BCUT2D eigenvalue weighted by atomic mass is 79.9. The zero-order chi connectivity index (χ0) is 15.1. The van der Waals surface area contributed by atoms with Crippen LogP contribution < -0.4 is 5.32 Å². The fourth-order valence-corrected chi connectivity index (χ4v) is 2.54. The van der Waals surface area contributed by atoms with Crippen molar-refractivity contribution in [1.82, 2.24) is 15.3 Å². The molecule has 0 saturated heterocycles. The van der Waals surface area contributed by atoms with Gasteiger partial charge in [-0.15, -0.1) is 0 Å². The standard InChI is InChI=1S/C14H13BrN4OS/c15-11-4-2-10(3-5-11)12-8-18-14(19-12)21-9-13(20)17-7-1-6-16/h2-5,8H,1,7,9H2,(H,17,20)(H,18,19). The van der Waals surface area contributed by atoms with Crippen LogP contribution in [0.15, 0.2) is 40.1 Å². The normalized spacial score (nSPS) is 10.1. The summed E-state index contributed by atoms with van der Waals surface area (Å²) < 4.78 is 1.02. The molecular weight excluding hydrogens is 352 g/mol. The quantitative estimate of drug-likeness (QED) is 0.609. The molecule has 0 aliphatic rings. The predicted octanol–water partition coefficient (Wildman–Crippen LogP) is 2.96. The van der Waals surface area contributed by atoms with E-state index < -0.39 is 0 Å². The number of aromatic amines is 1. The number of carbonyl (C=O) groups is 1. The molecule has 0 saturated carbocycles. The molecule has 7 heteroatoms. The molecule has 0 unspecified atom stereocenters. The van der Waals surface area contributed by atoms with Crippen molar-refractivity contribution in [2.45, 2.75) is 11.6 Å². The first-order chi connectivity index (χ1) is 10.2. The Kier molecular flexibility index (Phi) is 5.84. The summed E-state index contributed by atoms with van der Waals surface area (Å²) in [6.45, 7) is 0.387. The van der Waals surface area contributed by atoms with E-state index in [0.717, 1.165) is 15.7 Å². The number of nitriles is 1. The highest BCUT2D eigenvalue weighted by Crippen LogP contribution is 2.22. The van der Waals surface area contributed by atoms with E-state index in [-0.39, 0.29) is 11.7 Å². The molecule has 1 aromatic heterocycles. The number of carbonyl (C=O) groups excluding carboxylic acids is 1. The number of hydrogen-bond donors (Lipinski definition) is 2. The highest BCUT2D eigenvalue weighted by Gasteiger charge is 2.07. The lowest BCUT2D eigenvalue weighted by molar-refractivity contribution is -0.118. The van der Waals surface area contributed by atoms with Gasteiger partial charge in [-0.1, -0.05) is 39.8 Å². The van der Waals surface area contributed by atoms with Crippen molar-refractivity contribution in [3.05, 3.63) is 34.9 Å². The Morgan fingerprint density at radius 3 is 2.90 bits per heavy atom. The molecule has 0 fully saturated rings. The number of H-pyrrole nitrogens is 1. The first-order valence-electron chi connectivity index (χ1n) is 6.26. The molecule has 0 atom stereocenters. The molecule has 0 aliphatic carbocycles. The van der Waals surface area contributed by atoms with Crippen LogP contribution in [-0.4, -0.2) is 28.2 Å². The van der Waals surface area contributed by atoms with Crippen molar-refractivity contribution in [3.8, 4) is 17.3 Å². The van der Waals surface area contributed by atoms with Gasteiger partial charge < -0.3 is 10.3 Å². The summed E-state index contributed by atoms with van der Waals surface area (Å²) in [4.78, 5) is 18.9. The third kappa shape index (κ3) is 4.92. The molecule has 2 N–H and O–H groups in total. The number of aromatic nitrogens is 2. The van der Waals surface area contributed by atoms with Crippen LogP contribution in [0.3, 0.4) is 0 Å². The highest BCUT2D eigenvalue weighted by molar-refractivity contribution is 9.10. The molecule has 0 bridgehead atoms. The van der Waals surface area contributed by atoms with Gasteiger partial charge in [0.25, 0.3) is 0 Å². The lowest BCUT2D eigenvalue weighted by atomic mass is 10.2. The Morgan fingerprint density at radius 2 is 2.19 bits per heavy atom. The Labute approximate surface area is 135 Å². The van der Waals surface area contributed by atoms with Crippen LogP contribution in [-0.2, 0) is 4.79 Å². The second-order valence-electron chi connectivity index (χ2n) is 4.16. The maximum absolute atomic E-state index is 11.5. The molecular formula is C14H13BrN4OS. The average molecular weight is 365 g/mol. The third-order valence-corrected chi connectivity index (χ3v) is 4.02. The number of imidazole rings is 1. The Bertz CT molecular complexity index is 648. The summed E-state index contributed by atoms with van der Waals surface area (Å²) in [7, 11) is 0. The van der Waals surface area contributed by atoms with Gasteiger partial charge in [0.2, 0.25) is 5.91 Å². The number of nitrogens with zero attached hydrogens (tertiary/aromatic N) is 2. The van der Waals surface area contributed by atoms with Gasteiger partial charge in [0.05, 0.1) is 30.1 Å². The number of thioether (sulfide) groups is 1. The zero-order valence-corrected chi connectivity index (χ0v) is 13.5. The van der Waals surface area contributed by atoms with Crippen LogP contribution in [0.25, 0.3) is 11.3 Å². The van der Waals surface area contributed by atoms with Crippen molar-refractivity contribution in [1.29, 1.82) is 5.26 Å². The molecule has 0 radical (unpaired) electrons. The van der Waals surface area contributed by atoms with Crippen LogP contribution in [0.2, 0.25) is 0 Å². The molecule has 21 heavy (non-hydrogen) atoms. The third-order valence-electron chi connectivity index (χ3n) is 2.61. The van der Waals surface area contributed by atoms with Crippen molar-refractivity contribution >= 4 is 33.6 Å². The van der Waals surface area contributed by atoms with Gasteiger partial charge in [-0.25, -0.2) is 4.98 Å². The van der Waals surface area contributed by atoms with E-state index in [4.69, 9.17) is 5.26 Å². The van der Waals surface area contributed by atoms with Gasteiger partial charge in [0.1, 0.15) is 0 Å². The topological polar surface area (TPSA) is 81.6 Å². The molecule has 0 aliphatic heterocycles.